The fourth-order valence-corrected chi connectivity index (χ4v) is 4.89. The molecule has 0 bridgehead atoms. The van der Waals surface area contributed by atoms with Gasteiger partial charge < -0.3 is 19.2 Å². The average molecular weight is 475 g/mol. The number of fused-ring (bicyclic) bond motifs is 2. The average Bonchev–Trinajstić information content (AvgIpc) is 3.57. The Morgan fingerprint density at radius 3 is 2.54 bits per heavy atom. The van der Waals surface area contributed by atoms with E-state index in [0.717, 1.165) is 42.6 Å². The molecule has 10 heteroatoms. The Balaban J connectivity index is 1.42. The number of pyridine rings is 1. The van der Waals surface area contributed by atoms with E-state index in [4.69, 9.17) is 14.2 Å². The van der Waals surface area contributed by atoms with Crippen molar-refractivity contribution in [1.82, 2.24) is 30.1 Å². The number of nitrogens with zero attached hydrogens (tertiary/aromatic N) is 5. The first-order valence-electron chi connectivity index (χ1n) is 11.8. The molecule has 2 aliphatic rings. The summed E-state index contributed by atoms with van der Waals surface area (Å²) in [6.45, 7) is 3.23. The summed E-state index contributed by atoms with van der Waals surface area (Å²) < 4.78 is 18.5. The van der Waals surface area contributed by atoms with Crippen LogP contribution in [0.3, 0.4) is 0 Å². The Labute approximate surface area is 201 Å². The lowest BCUT2D eigenvalue weighted by molar-refractivity contribution is 0.172. The lowest BCUT2D eigenvalue weighted by Gasteiger charge is -2.26. The topological polar surface area (TPSA) is 107 Å². The summed E-state index contributed by atoms with van der Waals surface area (Å²) in [5, 5.41) is 13.5. The lowest BCUT2D eigenvalue weighted by atomic mass is 10.0. The van der Waals surface area contributed by atoms with Gasteiger partial charge in [0.25, 0.3) is 5.56 Å². The molecule has 10 nitrogen and oxygen atoms in total. The van der Waals surface area contributed by atoms with Gasteiger partial charge >= 0.3 is 0 Å². The fourth-order valence-electron chi connectivity index (χ4n) is 4.89. The number of hydrogen-bond acceptors (Lipinski definition) is 8. The molecule has 4 heterocycles. The highest BCUT2D eigenvalue weighted by atomic mass is 16.6. The van der Waals surface area contributed by atoms with Gasteiger partial charge in [-0.05, 0) is 66.2 Å². The molecule has 0 radical (unpaired) electrons. The molecule has 0 spiro atoms. The quantitative estimate of drug-likeness (QED) is 0.454. The molecule has 0 saturated carbocycles. The molecular weight excluding hydrogens is 448 g/mol. The third-order valence-electron chi connectivity index (χ3n) is 6.63. The number of benzene rings is 2. The minimum atomic E-state index is -0.368. The van der Waals surface area contributed by atoms with Crippen LogP contribution in [0, 0.1) is 0 Å². The second kappa shape index (κ2) is 9.03. The molecule has 0 unspecified atom stereocenters. The zero-order chi connectivity index (χ0) is 23.8. The van der Waals surface area contributed by atoms with Gasteiger partial charge in [-0.25, -0.2) is 4.68 Å². The summed E-state index contributed by atoms with van der Waals surface area (Å²) >= 11 is 0. The first-order valence-corrected chi connectivity index (χ1v) is 11.8. The highest BCUT2D eigenvalue weighted by molar-refractivity contribution is 5.83. The van der Waals surface area contributed by atoms with E-state index in [1.54, 1.807) is 11.8 Å². The SMILES string of the molecule is COc1ccc(Cn2nnnc2[C@H](c2cc3cc4c(cc3[nH]c2=O)OCCO4)N2CCCC2)cc1. The largest absolute Gasteiger partial charge is 0.497 e. The highest BCUT2D eigenvalue weighted by Gasteiger charge is 2.32. The van der Waals surface area contributed by atoms with E-state index in [1.807, 2.05) is 42.5 Å². The van der Waals surface area contributed by atoms with Crippen molar-refractivity contribution in [2.24, 2.45) is 0 Å². The van der Waals surface area contributed by atoms with E-state index in [2.05, 4.69) is 25.4 Å². The molecule has 35 heavy (non-hydrogen) atoms. The predicted molar refractivity (Wildman–Crippen MR) is 128 cm³/mol. The van der Waals surface area contributed by atoms with Crippen molar-refractivity contribution in [2.75, 3.05) is 33.4 Å². The predicted octanol–water partition coefficient (Wildman–Crippen LogP) is 2.53. The molecule has 1 fully saturated rings. The zero-order valence-electron chi connectivity index (χ0n) is 19.4. The smallest absolute Gasteiger partial charge is 0.253 e. The van der Waals surface area contributed by atoms with E-state index in [1.165, 1.54) is 0 Å². The molecular formula is C25H26N6O4. The van der Waals surface area contributed by atoms with Gasteiger partial charge in [0.05, 0.1) is 19.2 Å². The van der Waals surface area contributed by atoms with Gasteiger partial charge in [0.15, 0.2) is 17.3 Å². The van der Waals surface area contributed by atoms with Crippen LogP contribution in [0.4, 0.5) is 0 Å². The number of hydrogen-bond donors (Lipinski definition) is 1. The number of aromatic amines is 1. The summed E-state index contributed by atoms with van der Waals surface area (Å²) in [6.07, 6.45) is 2.14. The van der Waals surface area contributed by atoms with Gasteiger partial charge in [0, 0.05) is 17.0 Å². The second-order valence-electron chi connectivity index (χ2n) is 8.83. The minimum Gasteiger partial charge on any atom is -0.497 e. The molecule has 2 aromatic carbocycles. The van der Waals surface area contributed by atoms with Crippen LogP contribution in [0.1, 0.15) is 35.8 Å². The van der Waals surface area contributed by atoms with E-state index in [-0.39, 0.29) is 11.6 Å². The lowest BCUT2D eigenvalue weighted by Crippen LogP contribution is -2.33. The van der Waals surface area contributed by atoms with Gasteiger partial charge in [0.2, 0.25) is 0 Å². The summed E-state index contributed by atoms with van der Waals surface area (Å²) in [5.41, 5.74) is 2.20. The summed E-state index contributed by atoms with van der Waals surface area (Å²) in [6, 6.07) is 13.1. The van der Waals surface area contributed by atoms with Gasteiger partial charge in [-0.1, -0.05) is 12.1 Å². The third-order valence-corrected chi connectivity index (χ3v) is 6.63. The van der Waals surface area contributed by atoms with Crippen molar-refractivity contribution in [3.8, 4) is 17.2 Å². The Morgan fingerprint density at radius 2 is 1.80 bits per heavy atom. The van der Waals surface area contributed by atoms with Crippen molar-refractivity contribution in [3.05, 3.63) is 69.8 Å². The van der Waals surface area contributed by atoms with Gasteiger partial charge in [-0.15, -0.1) is 5.10 Å². The fraction of sp³-hybridized carbons (Fsp3) is 0.360. The number of aromatic nitrogens is 5. The molecule has 1 saturated heterocycles. The van der Waals surface area contributed by atoms with E-state index < -0.39 is 0 Å². The molecule has 1 atom stereocenters. The van der Waals surface area contributed by atoms with E-state index >= 15 is 0 Å². The Bertz CT molecular complexity index is 1410. The molecule has 2 aromatic heterocycles. The van der Waals surface area contributed by atoms with Gasteiger partial charge in [0.1, 0.15) is 25.0 Å². The van der Waals surface area contributed by atoms with Gasteiger partial charge in [-0.2, -0.15) is 0 Å². The second-order valence-corrected chi connectivity index (χ2v) is 8.83. The normalized spacial score (nSPS) is 16.5. The Morgan fingerprint density at radius 1 is 1.06 bits per heavy atom. The van der Waals surface area contributed by atoms with Crippen molar-refractivity contribution < 1.29 is 14.2 Å². The molecule has 1 N–H and O–H groups in total. The molecule has 2 aliphatic heterocycles. The summed E-state index contributed by atoms with van der Waals surface area (Å²) in [7, 11) is 1.64. The first-order chi connectivity index (χ1) is 17.2. The number of H-pyrrole nitrogens is 1. The van der Waals surface area contributed by atoms with Crippen LogP contribution in [0.25, 0.3) is 10.9 Å². The van der Waals surface area contributed by atoms with Crippen LogP contribution in [0.2, 0.25) is 0 Å². The van der Waals surface area contributed by atoms with Crippen molar-refractivity contribution in [2.45, 2.75) is 25.4 Å². The van der Waals surface area contributed by atoms with Crippen LogP contribution in [-0.2, 0) is 6.54 Å². The van der Waals surface area contributed by atoms with E-state index in [0.29, 0.717) is 48.2 Å². The van der Waals surface area contributed by atoms with Crippen LogP contribution in [0.5, 0.6) is 17.2 Å². The first kappa shape index (κ1) is 21.6. The number of nitrogens with one attached hydrogen (secondary N) is 1. The summed E-state index contributed by atoms with van der Waals surface area (Å²) in [4.78, 5) is 18.7. The maximum atomic E-state index is 13.4. The van der Waals surface area contributed by atoms with Gasteiger partial charge in [-0.3, -0.25) is 9.69 Å². The number of likely N-dealkylation sites (tertiary alicyclic amines) is 1. The molecule has 0 aliphatic carbocycles. The van der Waals surface area contributed by atoms with Crippen LogP contribution < -0.4 is 19.8 Å². The maximum Gasteiger partial charge on any atom is 0.253 e. The van der Waals surface area contributed by atoms with Crippen molar-refractivity contribution in [3.63, 3.8) is 0 Å². The monoisotopic (exact) mass is 474 g/mol. The maximum absolute atomic E-state index is 13.4. The zero-order valence-corrected chi connectivity index (χ0v) is 19.4. The highest BCUT2D eigenvalue weighted by Crippen LogP contribution is 2.35. The third kappa shape index (κ3) is 4.10. The van der Waals surface area contributed by atoms with Crippen LogP contribution >= 0.6 is 0 Å². The molecule has 4 aromatic rings. The Kier molecular flexibility index (Phi) is 5.57. The van der Waals surface area contributed by atoms with Crippen LogP contribution in [0.15, 0.2) is 47.3 Å². The minimum absolute atomic E-state index is 0.162. The number of ether oxygens (including phenoxy) is 3. The van der Waals surface area contributed by atoms with Crippen LogP contribution in [-0.4, -0.2) is 63.5 Å². The Hall–Kier alpha value is -3.92. The standard InChI is InChI=1S/C25H26N6O4/c1-33-18-6-4-16(5-7-18)15-31-24(27-28-29-31)23(30-8-2-3-9-30)19-12-17-13-21-22(35-11-10-34-21)14-20(17)26-25(19)32/h4-7,12-14,23H,2-3,8-11,15H2,1H3,(H,26,32)/t23-/m0/s1. The number of methoxy groups -OCH3 is 1. The van der Waals surface area contributed by atoms with Crippen molar-refractivity contribution in [1.29, 1.82) is 0 Å². The van der Waals surface area contributed by atoms with Crippen molar-refractivity contribution >= 4 is 10.9 Å². The number of tetrazole rings is 1. The molecule has 6 rings (SSSR count). The number of rotatable bonds is 6. The molecule has 0 amide bonds. The molecule has 180 valence electrons. The summed E-state index contributed by atoms with van der Waals surface area (Å²) in [5.74, 6) is 2.76. The van der Waals surface area contributed by atoms with E-state index in [9.17, 15) is 4.79 Å².